The van der Waals surface area contributed by atoms with Crippen molar-refractivity contribution in [3.05, 3.63) is 34.9 Å². The van der Waals surface area contributed by atoms with Crippen LogP contribution in [-0.4, -0.2) is 53.2 Å². The zero-order valence-electron chi connectivity index (χ0n) is 15.5. The van der Waals surface area contributed by atoms with Crippen molar-refractivity contribution in [2.24, 2.45) is 0 Å². The minimum atomic E-state index is -2.86. The molecule has 2 fully saturated rings. The number of rotatable bonds is 4. The molecule has 2 unspecified atom stereocenters. The molecule has 7 nitrogen and oxygen atoms in total. The van der Waals surface area contributed by atoms with Crippen LogP contribution in [0.25, 0.3) is 0 Å². The topological polar surface area (TPSA) is 90.5 Å². The lowest BCUT2D eigenvalue weighted by Crippen LogP contribution is -2.55. The van der Waals surface area contributed by atoms with Crippen molar-refractivity contribution in [2.45, 2.75) is 50.4 Å². The average molecular weight is 392 g/mol. The number of carbonyl (C=O) groups excluding carboxylic acids is 3. The van der Waals surface area contributed by atoms with E-state index in [0.717, 1.165) is 11.1 Å². The molecule has 3 amide bonds. The molecule has 0 spiro atoms. The van der Waals surface area contributed by atoms with E-state index in [1.807, 2.05) is 0 Å². The first kappa shape index (κ1) is 18.9. The van der Waals surface area contributed by atoms with Gasteiger partial charge in [0.25, 0.3) is 11.8 Å². The summed E-state index contributed by atoms with van der Waals surface area (Å²) in [7, 11) is 0. The minimum absolute atomic E-state index is 0.160. The fraction of sp³-hybridized carbons (Fsp3) is 0.526. The van der Waals surface area contributed by atoms with Gasteiger partial charge in [-0.1, -0.05) is 12.1 Å². The third kappa shape index (κ3) is 3.08. The number of amides is 3. The zero-order chi connectivity index (χ0) is 20.1. The van der Waals surface area contributed by atoms with Crippen LogP contribution in [0.5, 0.6) is 0 Å². The lowest BCUT2D eigenvalue weighted by Gasteiger charge is -2.31. The third-order valence-electron chi connectivity index (χ3n) is 5.91. The Hall–Kier alpha value is -2.39. The number of nitrogens with zero attached hydrogens (tertiary/aromatic N) is 1. The van der Waals surface area contributed by atoms with Crippen molar-refractivity contribution < 1.29 is 23.2 Å². The predicted molar refractivity (Wildman–Crippen MR) is 95.5 cm³/mol. The number of piperidine rings is 1. The van der Waals surface area contributed by atoms with E-state index in [1.54, 1.807) is 18.2 Å². The van der Waals surface area contributed by atoms with E-state index in [9.17, 15) is 23.2 Å². The van der Waals surface area contributed by atoms with Crippen LogP contribution in [0.3, 0.4) is 0 Å². The summed E-state index contributed by atoms with van der Waals surface area (Å²) in [5.41, 5.74) is 0.638. The number of hydrogen-bond donors (Lipinski definition) is 3. The Kier molecular flexibility index (Phi) is 4.46. The summed E-state index contributed by atoms with van der Waals surface area (Å²) >= 11 is 0. The molecule has 4 rings (SSSR count). The molecule has 2 atom stereocenters. The van der Waals surface area contributed by atoms with Gasteiger partial charge in [-0.05, 0) is 30.5 Å². The molecule has 0 bridgehead atoms. The Morgan fingerprint density at radius 3 is 2.71 bits per heavy atom. The lowest BCUT2D eigenvalue weighted by atomic mass is 9.96. The third-order valence-corrected chi connectivity index (χ3v) is 5.91. The van der Waals surface area contributed by atoms with Crippen LogP contribution in [0.1, 0.15) is 41.3 Å². The van der Waals surface area contributed by atoms with Gasteiger partial charge in [-0.2, -0.15) is 0 Å². The van der Waals surface area contributed by atoms with Crippen molar-refractivity contribution in [1.29, 1.82) is 0 Å². The maximum Gasteiger partial charge on any atom is 0.279 e. The summed E-state index contributed by atoms with van der Waals surface area (Å²) in [5.74, 6) is -3.92. The molecule has 3 N–H and O–H groups in total. The van der Waals surface area contributed by atoms with Gasteiger partial charge in [-0.15, -0.1) is 0 Å². The van der Waals surface area contributed by atoms with Crippen molar-refractivity contribution in [2.75, 3.05) is 13.1 Å². The second-order valence-electron chi connectivity index (χ2n) is 7.89. The summed E-state index contributed by atoms with van der Waals surface area (Å²) in [6.45, 7) is 1.78. The van der Waals surface area contributed by atoms with Gasteiger partial charge >= 0.3 is 0 Å². The van der Waals surface area contributed by atoms with Crippen LogP contribution >= 0.6 is 0 Å². The van der Waals surface area contributed by atoms with Crippen molar-refractivity contribution in [3.63, 3.8) is 0 Å². The lowest BCUT2D eigenvalue weighted by molar-refractivity contribution is -0.136. The molecule has 0 saturated carbocycles. The molecule has 3 aliphatic rings. The van der Waals surface area contributed by atoms with Gasteiger partial charge in [0.1, 0.15) is 6.04 Å². The van der Waals surface area contributed by atoms with Gasteiger partial charge in [0.05, 0.1) is 12.1 Å². The average Bonchev–Trinajstić information content (AvgIpc) is 3.10. The smallest absolute Gasteiger partial charge is 0.279 e. The Morgan fingerprint density at radius 2 is 2.04 bits per heavy atom. The highest BCUT2D eigenvalue weighted by molar-refractivity contribution is 6.05. The summed E-state index contributed by atoms with van der Waals surface area (Å²) in [6, 6.07) is 4.63. The monoisotopic (exact) mass is 392 g/mol. The van der Waals surface area contributed by atoms with E-state index in [0.29, 0.717) is 18.5 Å². The molecule has 1 aromatic carbocycles. The SMILES string of the molecule is CC1(NCc2ccc3c(c2)C(=O)N(C2CCC(=O)NC2=O)C3)CNCC1(F)F. The van der Waals surface area contributed by atoms with E-state index in [-0.39, 0.29) is 37.9 Å². The number of halogens is 2. The number of nitrogens with one attached hydrogen (secondary N) is 3. The molecular weight excluding hydrogens is 370 g/mol. The molecule has 1 aromatic rings. The van der Waals surface area contributed by atoms with Crippen LogP contribution in [0.4, 0.5) is 8.78 Å². The number of carbonyl (C=O) groups is 3. The number of alkyl halides is 2. The molecule has 3 heterocycles. The molecule has 0 aromatic heterocycles. The maximum absolute atomic E-state index is 14.1. The second kappa shape index (κ2) is 6.59. The van der Waals surface area contributed by atoms with Gasteiger partial charge in [-0.3, -0.25) is 19.7 Å². The first-order valence-electron chi connectivity index (χ1n) is 9.30. The summed E-state index contributed by atoms with van der Waals surface area (Å²) in [4.78, 5) is 37.7. The normalized spacial score (nSPS) is 29.2. The molecule has 0 aliphatic carbocycles. The van der Waals surface area contributed by atoms with Crippen LogP contribution in [0.15, 0.2) is 18.2 Å². The van der Waals surface area contributed by atoms with Crippen LogP contribution in [0.2, 0.25) is 0 Å². The highest BCUT2D eigenvalue weighted by atomic mass is 19.3. The van der Waals surface area contributed by atoms with Gasteiger partial charge in [-0.25, -0.2) is 8.78 Å². The van der Waals surface area contributed by atoms with E-state index in [2.05, 4.69) is 16.0 Å². The van der Waals surface area contributed by atoms with Gasteiger partial charge < -0.3 is 15.5 Å². The fourth-order valence-corrected chi connectivity index (χ4v) is 3.99. The number of fused-ring (bicyclic) bond motifs is 1. The molecule has 2 saturated heterocycles. The van der Waals surface area contributed by atoms with Gasteiger partial charge in [0, 0.05) is 31.6 Å². The second-order valence-corrected chi connectivity index (χ2v) is 7.89. The minimum Gasteiger partial charge on any atom is -0.322 e. The van der Waals surface area contributed by atoms with Gasteiger partial charge in [0.2, 0.25) is 11.8 Å². The highest BCUT2D eigenvalue weighted by Crippen LogP contribution is 2.33. The quantitative estimate of drug-likeness (QED) is 0.651. The van der Waals surface area contributed by atoms with E-state index in [4.69, 9.17) is 0 Å². The predicted octanol–water partition coefficient (Wildman–Crippen LogP) is 0.534. The van der Waals surface area contributed by atoms with E-state index in [1.165, 1.54) is 11.8 Å². The molecule has 3 aliphatic heterocycles. The Labute approximate surface area is 160 Å². The maximum atomic E-state index is 14.1. The Balaban J connectivity index is 1.47. The Bertz CT molecular complexity index is 860. The van der Waals surface area contributed by atoms with Crippen molar-refractivity contribution in [1.82, 2.24) is 20.9 Å². The summed E-state index contributed by atoms with van der Waals surface area (Å²) in [6.07, 6.45) is 0.506. The summed E-state index contributed by atoms with van der Waals surface area (Å²) < 4.78 is 28.1. The number of hydrogen-bond acceptors (Lipinski definition) is 5. The van der Waals surface area contributed by atoms with Crippen molar-refractivity contribution in [3.8, 4) is 0 Å². The van der Waals surface area contributed by atoms with Crippen molar-refractivity contribution >= 4 is 17.7 Å². The molecule has 9 heteroatoms. The zero-order valence-corrected chi connectivity index (χ0v) is 15.5. The molecular formula is C19H22F2N4O3. The van der Waals surface area contributed by atoms with Crippen LogP contribution in [-0.2, 0) is 22.7 Å². The van der Waals surface area contributed by atoms with Crippen LogP contribution in [0, 0.1) is 0 Å². The number of imide groups is 1. The first-order chi connectivity index (χ1) is 13.2. The van der Waals surface area contributed by atoms with E-state index >= 15 is 0 Å². The van der Waals surface area contributed by atoms with E-state index < -0.39 is 23.4 Å². The highest BCUT2D eigenvalue weighted by Gasteiger charge is 2.53. The molecule has 0 radical (unpaired) electrons. The molecule has 150 valence electrons. The fourth-order valence-electron chi connectivity index (χ4n) is 3.99. The van der Waals surface area contributed by atoms with Crippen LogP contribution < -0.4 is 16.0 Å². The largest absolute Gasteiger partial charge is 0.322 e. The van der Waals surface area contributed by atoms with Gasteiger partial charge in [0.15, 0.2) is 0 Å². The standard InChI is InChI=1S/C19H22F2N4O3/c1-18(9-22-10-19(18,20)21)23-7-11-2-3-12-8-25(17(28)13(12)6-11)14-4-5-15(26)24-16(14)27/h2-3,6,14,22-23H,4-5,7-10H2,1H3,(H,24,26,27). The summed E-state index contributed by atoms with van der Waals surface area (Å²) in [5, 5.41) is 7.89. The first-order valence-corrected chi connectivity index (χ1v) is 9.30. The number of benzene rings is 1. The Morgan fingerprint density at radius 1 is 1.25 bits per heavy atom. The molecule has 28 heavy (non-hydrogen) atoms.